The van der Waals surface area contributed by atoms with Crippen molar-refractivity contribution in [2.75, 3.05) is 26.7 Å². The van der Waals surface area contributed by atoms with Gasteiger partial charge in [0.15, 0.2) is 0 Å². The zero-order valence-electron chi connectivity index (χ0n) is 12.0. The van der Waals surface area contributed by atoms with E-state index in [-0.39, 0.29) is 12.0 Å². The molecule has 4 heteroatoms. The lowest BCUT2D eigenvalue weighted by atomic mass is 9.89. The summed E-state index contributed by atoms with van der Waals surface area (Å²) in [5.74, 6) is 1.67. The van der Waals surface area contributed by atoms with E-state index in [4.69, 9.17) is 10.5 Å². The smallest absolute Gasteiger partial charge is 0.225 e. The standard InChI is InChI=1S/C14H28N2O2/c1-11(2)12-5-4-7-16(8-6-12)14(17)9-13(10-15)18-3/h11-13H,4-10,15H2,1-3H3. The quantitative estimate of drug-likeness (QED) is 0.813. The molecule has 0 aliphatic carbocycles. The number of ether oxygens (including phenoxy) is 1. The highest BCUT2D eigenvalue weighted by atomic mass is 16.5. The summed E-state index contributed by atoms with van der Waals surface area (Å²) in [6.45, 7) is 6.74. The minimum Gasteiger partial charge on any atom is -0.380 e. The van der Waals surface area contributed by atoms with E-state index >= 15 is 0 Å². The zero-order valence-corrected chi connectivity index (χ0v) is 12.0. The molecule has 1 aliphatic rings. The summed E-state index contributed by atoms with van der Waals surface area (Å²) >= 11 is 0. The van der Waals surface area contributed by atoms with Gasteiger partial charge in [-0.1, -0.05) is 13.8 Å². The molecule has 106 valence electrons. The Hall–Kier alpha value is -0.610. The predicted molar refractivity (Wildman–Crippen MR) is 73.2 cm³/mol. The summed E-state index contributed by atoms with van der Waals surface area (Å²) < 4.78 is 5.18. The van der Waals surface area contributed by atoms with Crippen molar-refractivity contribution in [3.63, 3.8) is 0 Å². The number of nitrogens with zero attached hydrogens (tertiary/aromatic N) is 1. The molecule has 0 saturated carbocycles. The van der Waals surface area contributed by atoms with E-state index in [1.54, 1.807) is 7.11 Å². The average Bonchev–Trinajstić information content (AvgIpc) is 2.61. The van der Waals surface area contributed by atoms with Gasteiger partial charge in [0.05, 0.1) is 12.5 Å². The fourth-order valence-corrected chi connectivity index (χ4v) is 2.62. The van der Waals surface area contributed by atoms with Gasteiger partial charge in [0.1, 0.15) is 0 Å². The summed E-state index contributed by atoms with van der Waals surface area (Å²) in [4.78, 5) is 14.1. The van der Waals surface area contributed by atoms with E-state index in [1.165, 1.54) is 6.42 Å². The minimum absolute atomic E-state index is 0.137. The largest absolute Gasteiger partial charge is 0.380 e. The van der Waals surface area contributed by atoms with Crippen molar-refractivity contribution in [2.24, 2.45) is 17.6 Å². The van der Waals surface area contributed by atoms with Crippen molar-refractivity contribution in [3.05, 3.63) is 0 Å². The molecule has 0 bridgehead atoms. The number of likely N-dealkylation sites (tertiary alicyclic amines) is 1. The van der Waals surface area contributed by atoms with Gasteiger partial charge < -0.3 is 15.4 Å². The van der Waals surface area contributed by atoms with Crippen molar-refractivity contribution in [1.82, 2.24) is 4.90 Å². The Labute approximate surface area is 111 Å². The summed E-state index contributed by atoms with van der Waals surface area (Å²) in [5, 5.41) is 0. The Bertz CT molecular complexity index is 252. The molecule has 0 aromatic heterocycles. The van der Waals surface area contributed by atoms with Gasteiger partial charge in [-0.25, -0.2) is 0 Å². The van der Waals surface area contributed by atoms with Crippen LogP contribution in [0.2, 0.25) is 0 Å². The van der Waals surface area contributed by atoms with E-state index in [2.05, 4.69) is 13.8 Å². The SMILES string of the molecule is COC(CN)CC(=O)N1CCCC(C(C)C)CC1. The van der Waals surface area contributed by atoms with Crippen LogP contribution in [0.4, 0.5) is 0 Å². The maximum absolute atomic E-state index is 12.1. The fraction of sp³-hybridized carbons (Fsp3) is 0.929. The highest BCUT2D eigenvalue weighted by molar-refractivity contribution is 5.76. The molecule has 1 fully saturated rings. The molecule has 2 atom stereocenters. The van der Waals surface area contributed by atoms with Crippen LogP contribution in [0.3, 0.4) is 0 Å². The van der Waals surface area contributed by atoms with E-state index in [0.29, 0.717) is 13.0 Å². The normalized spacial score (nSPS) is 22.9. The molecule has 4 nitrogen and oxygen atoms in total. The van der Waals surface area contributed by atoms with Gasteiger partial charge in [0.25, 0.3) is 0 Å². The second-order valence-electron chi connectivity index (χ2n) is 5.61. The first-order valence-electron chi connectivity index (χ1n) is 7.09. The number of carbonyl (C=O) groups is 1. The van der Waals surface area contributed by atoms with Crippen molar-refractivity contribution in [3.8, 4) is 0 Å². The molecule has 18 heavy (non-hydrogen) atoms. The highest BCUT2D eigenvalue weighted by Crippen LogP contribution is 2.24. The number of rotatable bonds is 5. The lowest BCUT2D eigenvalue weighted by molar-refractivity contribution is -0.133. The lowest BCUT2D eigenvalue weighted by Gasteiger charge is -2.23. The summed E-state index contributed by atoms with van der Waals surface area (Å²) in [5.41, 5.74) is 5.56. The molecule has 1 amide bonds. The van der Waals surface area contributed by atoms with Crippen molar-refractivity contribution < 1.29 is 9.53 Å². The van der Waals surface area contributed by atoms with Gasteiger partial charge in [0.2, 0.25) is 5.91 Å². The van der Waals surface area contributed by atoms with Crippen molar-refractivity contribution >= 4 is 5.91 Å². The Morgan fingerprint density at radius 3 is 2.67 bits per heavy atom. The first-order chi connectivity index (χ1) is 8.58. The molecule has 0 aromatic rings. The molecule has 1 rings (SSSR count). The van der Waals surface area contributed by atoms with Crippen LogP contribution in [0, 0.1) is 11.8 Å². The zero-order chi connectivity index (χ0) is 13.5. The van der Waals surface area contributed by atoms with Gasteiger partial charge >= 0.3 is 0 Å². The summed E-state index contributed by atoms with van der Waals surface area (Å²) in [6, 6.07) is 0. The molecular formula is C14H28N2O2. The maximum Gasteiger partial charge on any atom is 0.225 e. The van der Waals surface area contributed by atoms with Gasteiger partial charge in [0, 0.05) is 26.7 Å². The Balaban J connectivity index is 2.44. The topological polar surface area (TPSA) is 55.6 Å². The van der Waals surface area contributed by atoms with Crippen LogP contribution in [-0.2, 0) is 9.53 Å². The Morgan fingerprint density at radius 1 is 1.39 bits per heavy atom. The molecule has 1 saturated heterocycles. The second kappa shape index (κ2) is 7.74. The minimum atomic E-state index is -0.137. The average molecular weight is 256 g/mol. The van der Waals surface area contributed by atoms with E-state index < -0.39 is 0 Å². The molecular weight excluding hydrogens is 228 g/mol. The van der Waals surface area contributed by atoms with Gasteiger partial charge in [-0.05, 0) is 31.1 Å². The molecule has 0 aromatic carbocycles. The maximum atomic E-state index is 12.1. The van der Waals surface area contributed by atoms with Crippen molar-refractivity contribution in [1.29, 1.82) is 0 Å². The van der Waals surface area contributed by atoms with Crippen LogP contribution >= 0.6 is 0 Å². The first kappa shape index (κ1) is 15.4. The number of amides is 1. The number of nitrogens with two attached hydrogens (primary N) is 1. The van der Waals surface area contributed by atoms with Gasteiger partial charge in [-0.2, -0.15) is 0 Å². The van der Waals surface area contributed by atoms with Crippen LogP contribution < -0.4 is 5.73 Å². The van der Waals surface area contributed by atoms with E-state index in [0.717, 1.165) is 37.8 Å². The lowest BCUT2D eigenvalue weighted by Crippen LogP contribution is -2.36. The number of hydrogen-bond acceptors (Lipinski definition) is 3. The van der Waals surface area contributed by atoms with Crippen molar-refractivity contribution in [2.45, 2.75) is 45.6 Å². The predicted octanol–water partition coefficient (Wildman–Crippen LogP) is 1.63. The fourth-order valence-electron chi connectivity index (χ4n) is 2.62. The van der Waals surface area contributed by atoms with Crippen LogP contribution in [0.1, 0.15) is 39.5 Å². The van der Waals surface area contributed by atoms with Crippen LogP contribution in [0.15, 0.2) is 0 Å². The third-order valence-electron chi connectivity index (χ3n) is 4.07. The third-order valence-corrected chi connectivity index (χ3v) is 4.07. The molecule has 1 aliphatic heterocycles. The molecule has 2 N–H and O–H groups in total. The van der Waals surface area contributed by atoms with Crippen LogP contribution in [-0.4, -0.2) is 43.7 Å². The Kier molecular flexibility index (Phi) is 6.65. The van der Waals surface area contributed by atoms with E-state index in [9.17, 15) is 4.79 Å². The molecule has 0 radical (unpaired) electrons. The molecule has 1 heterocycles. The molecule has 0 spiro atoms. The second-order valence-corrected chi connectivity index (χ2v) is 5.61. The number of hydrogen-bond donors (Lipinski definition) is 1. The third kappa shape index (κ3) is 4.58. The monoisotopic (exact) mass is 256 g/mol. The van der Waals surface area contributed by atoms with E-state index in [1.807, 2.05) is 4.90 Å². The van der Waals surface area contributed by atoms with Crippen LogP contribution in [0.5, 0.6) is 0 Å². The molecule has 2 unspecified atom stereocenters. The van der Waals surface area contributed by atoms with Gasteiger partial charge in [-0.3, -0.25) is 4.79 Å². The summed E-state index contributed by atoms with van der Waals surface area (Å²) in [7, 11) is 1.61. The first-order valence-corrected chi connectivity index (χ1v) is 7.09. The van der Waals surface area contributed by atoms with Crippen LogP contribution in [0.25, 0.3) is 0 Å². The Morgan fingerprint density at radius 2 is 2.11 bits per heavy atom. The number of methoxy groups -OCH3 is 1. The highest BCUT2D eigenvalue weighted by Gasteiger charge is 2.23. The van der Waals surface area contributed by atoms with Gasteiger partial charge in [-0.15, -0.1) is 0 Å². The number of carbonyl (C=O) groups excluding carboxylic acids is 1. The summed E-state index contributed by atoms with van der Waals surface area (Å²) in [6.07, 6.45) is 3.77.